The molecule has 3 unspecified atom stereocenters. The molecule has 2 fully saturated rings. The van der Waals surface area contributed by atoms with Gasteiger partial charge < -0.3 is 18.9 Å². The Morgan fingerprint density at radius 2 is 1.85 bits per heavy atom. The summed E-state index contributed by atoms with van der Waals surface area (Å²) in [5.74, 6) is -1.97. The van der Waals surface area contributed by atoms with Gasteiger partial charge in [0.1, 0.15) is 18.3 Å². The fourth-order valence-corrected chi connectivity index (χ4v) is 4.03. The molecule has 0 aromatic rings. The number of nitrogens with zero attached hydrogens (tertiary/aromatic N) is 1. The van der Waals surface area contributed by atoms with Gasteiger partial charge in [-0.2, -0.15) is 0 Å². The highest BCUT2D eigenvalue weighted by molar-refractivity contribution is 6.20. The molecule has 7 nitrogen and oxygen atoms in total. The van der Waals surface area contributed by atoms with Gasteiger partial charge in [-0.25, -0.2) is 0 Å². The van der Waals surface area contributed by atoms with Crippen molar-refractivity contribution < 1.29 is 28.5 Å². The van der Waals surface area contributed by atoms with Crippen LogP contribution in [0.2, 0.25) is 0 Å². The maximum Gasteiger partial charge on any atom is 0.261 e. The van der Waals surface area contributed by atoms with Crippen LogP contribution >= 0.6 is 0 Å². The van der Waals surface area contributed by atoms with E-state index in [1.807, 2.05) is 33.8 Å². The number of carbonyl (C=O) groups excluding carboxylic acids is 2. The summed E-state index contributed by atoms with van der Waals surface area (Å²) in [5, 5.41) is 0. The molecular weight excluding hydrogens is 338 g/mol. The van der Waals surface area contributed by atoms with Gasteiger partial charge in [-0.3, -0.25) is 14.5 Å². The Morgan fingerprint density at radius 1 is 1.08 bits per heavy atom. The molecule has 0 N–H and O–H groups in total. The Bertz CT molecular complexity index is 707. The van der Waals surface area contributed by atoms with Crippen LogP contribution in [0.25, 0.3) is 0 Å². The summed E-state index contributed by atoms with van der Waals surface area (Å²) in [6, 6.07) is 0. The third-order valence-electron chi connectivity index (χ3n) is 5.13. The molecular formula is C19H25NO6. The van der Waals surface area contributed by atoms with Crippen LogP contribution in [0.3, 0.4) is 0 Å². The zero-order valence-electron chi connectivity index (χ0n) is 15.6. The van der Waals surface area contributed by atoms with Crippen molar-refractivity contribution in [3.05, 3.63) is 23.3 Å². The van der Waals surface area contributed by atoms with Crippen LogP contribution in [0.15, 0.2) is 23.3 Å². The molecule has 4 aliphatic rings. The number of amides is 2. The third kappa shape index (κ3) is 3.03. The highest BCUT2D eigenvalue weighted by atomic mass is 16.8. The summed E-state index contributed by atoms with van der Waals surface area (Å²) in [4.78, 5) is 26.6. The van der Waals surface area contributed by atoms with Crippen molar-refractivity contribution in [2.24, 2.45) is 0 Å². The number of imide groups is 1. The largest absolute Gasteiger partial charge is 0.348 e. The van der Waals surface area contributed by atoms with Gasteiger partial charge in [0.2, 0.25) is 0 Å². The van der Waals surface area contributed by atoms with E-state index in [1.54, 1.807) is 6.08 Å². The van der Waals surface area contributed by atoms with Crippen molar-refractivity contribution in [2.75, 3.05) is 13.2 Å². The van der Waals surface area contributed by atoms with Crippen molar-refractivity contribution in [3.8, 4) is 0 Å². The molecule has 2 saturated heterocycles. The molecule has 3 aliphatic heterocycles. The summed E-state index contributed by atoms with van der Waals surface area (Å²) in [7, 11) is 0. The van der Waals surface area contributed by atoms with Crippen LogP contribution < -0.4 is 0 Å². The van der Waals surface area contributed by atoms with E-state index in [9.17, 15) is 9.59 Å². The fraction of sp³-hybridized carbons (Fsp3) is 0.684. The maximum absolute atomic E-state index is 12.7. The van der Waals surface area contributed by atoms with E-state index in [4.69, 9.17) is 18.9 Å². The third-order valence-corrected chi connectivity index (χ3v) is 5.13. The van der Waals surface area contributed by atoms with Crippen molar-refractivity contribution in [1.29, 1.82) is 0 Å². The predicted octanol–water partition coefficient (Wildman–Crippen LogP) is 1.67. The van der Waals surface area contributed by atoms with Crippen LogP contribution in [-0.4, -0.2) is 59.8 Å². The van der Waals surface area contributed by atoms with E-state index < -0.39 is 23.8 Å². The smallest absolute Gasteiger partial charge is 0.261 e. The lowest BCUT2D eigenvalue weighted by atomic mass is 10.00. The molecule has 142 valence electrons. The quantitative estimate of drug-likeness (QED) is 0.710. The number of carbonyl (C=O) groups is 2. The van der Waals surface area contributed by atoms with Crippen molar-refractivity contribution >= 4 is 11.8 Å². The molecule has 0 bridgehead atoms. The Labute approximate surface area is 152 Å². The minimum absolute atomic E-state index is 0.146. The summed E-state index contributed by atoms with van der Waals surface area (Å²) in [6.07, 6.45) is 3.88. The number of rotatable bonds is 3. The fourth-order valence-electron chi connectivity index (χ4n) is 4.03. The first-order valence-corrected chi connectivity index (χ1v) is 9.10. The predicted molar refractivity (Wildman–Crippen MR) is 90.8 cm³/mol. The first kappa shape index (κ1) is 17.9. The Kier molecular flexibility index (Phi) is 4.11. The van der Waals surface area contributed by atoms with Crippen LogP contribution in [0.5, 0.6) is 0 Å². The van der Waals surface area contributed by atoms with Gasteiger partial charge in [0, 0.05) is 11.1 Å². The van der Waals surface area contributed by atoms with Gasteiger partial charge in [-0.1, -0.05) is 12.2 Å². The number of ether oxygens (including phenoxy) is 4. The van der Waals surface area contributed by atoms with Gasteiger partial charge in [-0.05, 0) is 40.5 Å². The number of allylic oxidation sites excluding steroid dienone is 1. The highest BCUT2D eigenvalue weighted by Crippen LogP contribution is 2.37. The molecule has 0 radical (unpaired) electrons. The molecule has 1 aliphatic carbocycles. The van der Waals surface area contributed by atoms with Gasteiger partial charge in [0.15, 0.2) is 11.6 Å². The lowest BCUT2D eigenvalue weighted by molar-refractivity contribution is -0.174. The minimum atomic E-state index is -0.815. The first-order chi connectivity index (χ1) is 12.2. The van der Waals surface area contributed by atoms with Crippen molar-refractivity contribution in [3.63, 3.8) is 0 Å². The first-order valence-electron chi connectivity index (χ1n) is 9.10. The standard InChI is InChI=1S/C19H25NO6/c1-18(2)23-10-14(25-18)15-13(24-19(3,4)26-15)9-20-16(21)11-7-5-6-8-12(11)17(20)22/h5,7,13-15H,6,8-10H2,1-4H3. The molecule has 0 aromatic heterocycles. The van der Waals surface area contributed by atoms with E-state index in [0.29, 0.717) is 24.2 Å². The molecule has 26 heavy (non-hydrogen) atoms. The summed E-state index contributed by atoms with van der Waals surface area (Å²) < 4.78 is 23.6. The van der Waals surface area contributed by atoms with E-state index in [-0.39, 0.29) is 24.5 Å². The average Bonchev–Trinajstić information content (AvgIpc) is 3.16. The maximum atomic E-state index is 12.7. The zero-order valence-corrected chi connectivity index (χ0v) is 15.6. The second kappa shape index (κ2) is 5.99. The normalized spacial score (nSPS) is 35.5. The topological polar surface area (TPSA) is 74.3 Å². The molecule has 3 heterocycles. The lowest BCUT2D eigenvalue weighted by Crippen LogP contribution is -2.46. The Hall–Kier alpha value is -1.54. The van der Waals surface area contributed by atoms with Gasteiger partial charge >= 0.3 is 0 Å². The van der Waals surface area contributed by atoms with E-state index in [1.165, 1.54) is 4.90 Å². The monoisotopic (exact) mass is 363 g/mol. The molecule has 3 atom stereocenters. The van der Waals surface area contributed by atoms with Crippen molar-refractivity contribution in [1.82, 2.24) is 4.90 Å². The minimum Gasteiger partial charge on any atom is -0.348 e. The number of hydrogen-bond acceptors (Lipinski definition) is 6. The van der Waals surface area contributed by atoms with Gasteiger partial charge in [-0.15, -0.1) is 0 Å². The van der Waals surface area contributed by atoms with E-state index in [2.05, 4.69) is 0 Å². The van der Waals surface area contributed by atoms with E-state index >= 15 is 0 Å². The molecule has 4 rings (SSSR count). The van der Waals surface area contributed by atoms with Crippen LogP contribution in [0.1, 0.15) is 40.5 Å². The summed E-state index contributed by atoms with van der Waals surface area (Å²) >= 11 is 0. The summed E-state index contributed by atoms with van der Waals surface area (Å²) in [5.41, 5.74) is 1.12. The van der Waals surface area contributed by atoms with Gasteiger partial charge in [0.25, 0.3) is 11.8 Å². The molecule has 0 saturated carbocycles. The average molecular weight is 363 g/mol. The van der Waals surface area contributed by atoms with Crippen LogP contribution in [0.4, 0.5) is 0 Å². The van der Waals surface area contributed by atoms with E-state index in [0.717, 1.165) is 6.42 Å². The van der Waals surface area contributed by atoms with Crippen molar-refractivity contribution in [2.45, 2.75) is 70.4 Å². The second-order valence-electron chi connectivity index (χ2n) is 8.06. The Morgan fingerprint density at radius 3 is 2.50 bits per heavy atom. The van der Waals surface area contributed by atoms with Crippen LogP contribution in [0, 0.1) is 0 Å². The van der Waals surface area contributed by atoms with Crippen LogP contribution in [-0.2, 0) is 28.5 Å². The lowest BCUT2D eigenvalue weighted by Gasteiger charge is -2.26. The molecule has 0 aromatic carbocycles. The second-order valence-corrected chi connectivity index (χ2v) is 8.06. The SMILES string of the molecule is CC1(C)OCC(C2OC(C)(C)OC2CN2C(=O)C3=C(CCC=C3)C2=O)O1. The summed E-state index contributed by atoms with van der Waals surface area (Å²) in [6.45, 7) is 7.86. The number of hydrogen-bond donors (Lipinski definition) is 0. The zero-order chi connectivity index (χ0) is 18.7. The Balaban J connectivity index is 1.52. The van der Waals surface area contributed by atoms with Gasteiger partial charge in [0.05, 0.1) is 13.2 Å². The highest BCUT2D eigenvalue weighted by Gasteiger charge is 2.51. The molecule has 2 amide bonds. The molecule has 0 spiro atoms. The molecule has 7 heteroatoms.